The smallest absolute Gasteiger partial charge is 0.142 e. The van der Waals surface area contributed by atoms with Crippen molar-refractivity contribution in [2.45, 2.75) is 51.7 Å². The van der Waals surface area contributed by atoms with Gasteiger partial charge in [-0.2, -0.15) is 0 Å². The zero-order valence-electron chi connectivity index (χ0n) is 12.1. The first-order valence-electron chi connectivity index (χ1n) is 7.51. The molecule has 0 heterocycles. The maximum absolute atomic E-state index is 6.22. The minimum Gasteiger partial charge on any atom is -0.487 e. The number of hydrogen-bond acceptors (Lipinski definition) is 3. The van der Waals surface area contributed by atoms with Gasteiger partial charge in [0.2, 0.25) is 0 Å². The summed E-state index contributed by atoms with van der Waals surface area (Å²) >= 11 is 0. The molecule has 0 bridgehead atoms. The van der Waals surface area contributed by atoms with Crippen molar-refractivity contribution < 1.29 is 4.74 Å². The van der Waals surface area contributed by atoms with Crippen LogP contribution in [-0.2, 0) is 0 Å². The van der Waals surface area contributed by atoms with Crippen LogP contribution in [0.3, 0.4) is 0 Å². The molecule has 3 heteroatoms. The number of rotatable bonds is 5. The van der Waals surface area contributed by atoms with Crippen LogP contribution >= 0.6 is 0 Å². The molecule has 0 spiro atoms. The van der Waals surface area contributed by atoms with Crippen LogP contribution in [-0.4, -0.2) is 30.1 Å². The fourth-order valence-electron chi connectivity index (χ4n) is 3.08. The Kier molecular flexibility index (Phi) is 5.08. The van der Waals surface area contributed by atoms with Crippen LogP contribution in [0.2, 0.25) is 0 Å². The number of ether oxygens (including phenoxy) is 1. The molecule has 2 atom stereocenters. The zero-order chi connectivity index (χ0) is 13.7. The fraction of sp³-hybridized carbons (Fsp3) is 0.625. The van der Waals surface area contributed by atoms with E-state index in [1.807, 2.05) is 24.3 Å². The number of benzene rings is 1. The number of hydrogen-bond donors (Lipinski definition) is 1. The summed E-state index contributed by atoms with van der Waals surface area (Å²) in [6.07, 6.45) is 5.22. The molecule has 1 fully saturated rings. The van der Waals surface area contributed by atoms with Crippen molar-refractivity contribution in [3.63, 3.8) is 0 Å². The Balaban J connectivity index is 2.09. The molecule has 1 aromatic carbocycles. The van der Waals surface area contributed by atoms with Gasteiger partial charge in [-0.3, -0.25) is 4.90 Å². The monoisotopic (exact) mass is 262 g/mol. The van der Waals surface area contributed by atoms with Gasteiger partial charge in [-0.15, -0.1) is 0 Å². The summed E-state index contributed by atoms with van der Waals surface area (Å²) in [5.74, 6) is 0.839. The molecule has 19 heavy (non-hydrogen) atoms. The molecule has 1 aromatic rings. The third-order valence-electron chi connectivity index (χ3n) is 4.15. The van der Waals surface area contributed by atoms with Gasteiger partial charge in [0.15, 0.2) is 0 Å². The molecule has 0 amide bonds. The number of likely N-dealkylation sites (N-methyl/N-ethyl adjacent to an activating group) is 1. The Labute approximate surface area is 116 Å². The first-order valence-corrected chi connectivity index (χ1v) is 7.51. The summed E-state index contributed by atoms with van der Waals surface area (Å²) < 4.78 is 6.22. The fourth-order valence-corrected chi connectivity index (χ4v) is 3.08. The molecule has 0 aromatic heterocycles. The highest BCUT2D eigenvalue weighted by Gasteiger charge is 2.30. The number of nitrogen functional groups attached to an aromatic ring is 1. The van der Waals surface area contributed by atoms with Crippen LogP contribution in [0.5, 0.6) is 5.75 Å². The largest absolute Gasteiger partial charge is 0.487 e. The van der Waals surface area contributed by atoms with Gasteiger partial charge in [-0.05, 0) is 44.5 Å². The molecule has 0 aliphatic heterocycles. The number of anilines is 1. The third-order valence-corrected chi connectivity index (χ3v) is 4.15. The Morgan fingerprint density at radius 2 is 1.84 bits per heavy atom. The highest BCUT2D eigenvalue weighted by molar-refractivity contribution is 5.51. The van der Waals surface area contributed by atoms with Crippen LogP contribution in [0.1, 0.15) is 39.5 Å². The summed E-state index contributed by atoms with van der Waals surface area (Å²) in [6, 6.07) is 8.35. The highest BCUT2D eigenvalue weighted by atomic mass is 16.5. The first-order chi connectivity index (χ1) is 9.26. The van der Waals surface area contributed by atoms with E-state index in [1.54, 1.807) is 0 Å². The van der Waals surface area contributed by atoms with Gasteiger partial charge < -0.3 is 10.5 Å². The SMILES string of the molecule is CCN(CC)C1CCCCC1Oc1ccccc1N. The lowest BCUT2D eigenvalue weighted by molar-refractivity contribution is 0.0417. The summed E-state index contributed by atoms with van der Waals surface area (Å²) in [7, 11) is 0. The van der Waals surface area contributed by atoms with Crippen LogP contribution in [0, 0.1) is 0 Å². The molecular weight excluding hydrogens is 236 g/mol. The van der Waals surface area contributed by atoms with Crippen LogP contribution < -0.4 is 10.5 Å². The molecule has 1 saturated carbocycles. The number of nitrogens with zero attached hydrogens (tertiary/aromatic N) is 1. The van der Waals surface area contributed by atoms with Crippen molar-refractivity contribution in [3.8, 4) is 5.75 Å². The predicted molar refractivity (Wildman–Crippen MR) is 80.4 cm³/mol. The normalized spacial score (nSPS) is 23.5. The summed E-state index contributed by atoms with van der Waals surface area (Å²) in [6.45, 7) is 6.63. The van der Waals surface area contributed by atoms with Crippen molar-refractivity contribution in [1.29, 1.82) is 0 Å². The summed E-state index contributed by atoms with van der Waals surface area (Å²) in [5, 5.41) is 0. The van der Waals surface area contributed by atoms with Crippen LogP contribution in [0.15, 0.2) is 24.3 Å². The van der Waals surface area contributed by atoms with Gasteiger partial charge in [0.05, 0.1) is 5.69 Å². The Morgan fingerprint density at radius 3 is 2.53 bits per heavy atom. The minimum absolute atomic E-state index is 0.276. The molecule has 1 aliphatic carbocycles. The standard InChI is InChI=1S/C16H26N2O/c1-3-18(4-2)14-10-6-8-12-16(14)19-15-11-7-5-9-13(15)17/h5,7,9,11,14,16H,3-4,6,8,10,12,17H2,1-2H3. The number of para-hydroxylation sites is 2. The van der Waals surface area contributed by atoms with E-state index in [2.05, 4.69) is 18.7 Å². The topological polar surface area (TPSA) is 38.5 Å². The lowest BCUT2D eigenvalue weighted by atomic mass is 9.91. The highest BCUT2D eigenvalue weighted by Crippen LogP contribution is 2.29. The van der Waals surface area contributed by atoms with E-state index in [9.17, 15) is 0 Å². The van der Waals surface area contributed by atoms with Gasteiger partial charge in [-0.1, -0.05) is 32.4 Å². The number of nitrogens with two attached hydrogens (primary N) is 1. The summed E-state index contributed by atoms with van der Waals surface area (Å²) in [5.41, 5.74) is 6.73. The van der Waals surface area contributed by atoms with Gasteiger partial charge in [0.1, 0.15) is 11.9 Å². The van der Waals surface area contributed by atoms with Crippen molar-refractivity contribution in [2.24, 2.45) is 0 Å². The van der Waals surface area contributed by atoms with E-state index < -0.39 is 0 Å². The molecule has 3 nitrogen and oxygen atoms in total. The zero-order valence-corrected chi connectivity index (χ0v) is 12.1. The molecule has 0 radical (unpaired) electrons. The van der Waals surface area contributed by atoms with Crippen molar-refractivity contribution in [1.82, 2.24) is 4.90 Å². The van der Waals surface area contributed by atoms with Crippen LogP contribution in [0.4, 0.5) is 5.69 Å². The second-order valence-electron chi connectivity index (χ2n) is 5.27. The van der Waals surface area contributed by atoms with Gasteiger partial charge in [-0.25, -0.2) is 0 Å². The quantitative estimate of drug-likeness (QED) is 0.827. The molecule has 2 unspecified atom stereocenters. The maximum atomic E-state index is 6.22. The molecule has 106 valence electrons. The Bertz CT molecular complexity index is 390. The average molecular weight is 262 g/mol. The maximum Gasteiger partial charge on any atom is 0.142 e. The van der Waals surface area contributed by atoms with Crippen LogP contribution in [0.25, 0.3) is 0 Å². The second kappa shape index (κ2) is 6.80. The third kappa shape index (κ3) is 3.41. The van der Waals surface area contributed by atoms with Gasteiger partial charge in [0, 0.05) is 6.04 Å². The molecule has 2 N–H and O–H groups in total. The summed E-state index contributed by atoms with van der Waals surface area (Å²) in [4.78, 5) is 2.52. The minimum atomic E-state index is 0.276. The Morgan fingerprint density at radius 1 is 1.16 bits per heavy atom. The lowest BCUT2D eigenvalue weighted by Crippen LogP contribution is -2.47. The molecule has 1 aliphatic rings. The van der Waals surface area contributed by atoms with Gasteiger partial charge >= 0.3 is 0 Å². The van der Waals surface area contributed by atoms with E-state index in [-0.39, 0.29) is 6.10 Å². The second-order valence-corrected chi connectivity index (χ2v) is 5.27. The predicted octanol–water partition coefficient (Wildman–Crippen LogP) is 3.30. The first kappa shape index (κ1) is 14.2. The van der Waals surface area contributed by atoms with Crippen molar-refractivity contribution in [3.05, 3.63) is 24.3 Å². The van der Waals surface area contributed by atoms with E-state index in [0.717, 1.165) is 30.9 Å². The molecule has 0 saturated heterocycles. The van der Waals surface area contributed by atoms with E-state index in [1.165, 1.54) is 19.3 Å². The lowest BCUT2D eigenvalue weighted by Gasteiger charge is -2.39. The van der Waals surface area contributed by atoms with Crippen molar-refractivity contribution >= 4 is 5.69 Å². The van der Waals surface area contributed by atoms with Gasteiger partial charge in [0.25, 0.3) is 0 Å². The van der Waals surface area contributed by atoms with Crippen molar-refractivity contribution in [2.75, 3.05) is 18.8 Å². The Hall–Kier alpha value is -1.22. The van der Waals surface area contributed by atoms with E-state index in [0.29, 0.717) is 6.04 Å². The van der Waals surface area contributed by atoms with E-state index >= 15 is 0 Å². The molecular formula is C16H26N2O. The van der Waals surface area contributed by atoms with E-state index in [4.69, 9.17) is 10.5 Å². The molecule has 2 rings (SSSR count). The average Bonchev–Trinajstić information content (AvgIpc) is 2.44.